The van der Waals surface area contributed by atoms with E-state index in [2.05, 4.69) is 12.1 Å². The minimum Gasteiger partial charge on any atom is -0.193 e. The first-order chi connectivity index (χ1) is 6.27. The number of hydrogen-bond acceptors (Lipinski definition) is 2. The third-order valence-corrected chi connectivity index (χ3v) is 2.57. The molecule has 1 aromatic rings. The van der Waals surface area contributed by atoms with Gasteiger partial charge in [-0.2, -0.15) is 5.26 Å². The average molecular weight is 189 g/mol. The SMILES string of the molecule is CSc1ccc(C(C)=CC#N)cc1. The van der Waals surface area contributed by atoms with Crippen LogP contribution in [0.15, 0.2) is 35.2 Å². The molecule has 0 amide bonds. The van der Waals surface area contributed by atoms with E-state index in [0.29, 0.717) is 0 Å². The zero-order chi connectivity index (χ0) is 9.68. The lowest BCUT2D eigenvalue weighted by Crippen LogP contribution is -1.78. The Morgan fingerprint density at radius 3 is 2.46 bits per heavy atom. The predicted molar refractivity (Wildman–Crippen MR) is 57.5 cm³/mol. The maximum Gasteiger partial charge on any atom is 0.0915 e. The maximum absolute atomic E-state index is 8.47. The summed E-state index contributed by atoms with van der Waals surface area (Å²) in [5, 5.41) is 8.47. The zero-order valence-electron chi connectivity index (χ0n) is 7.74. The molecule has 1 nitrogen and oxygen atoms in total. The molecule has 66 valence electrons. The highest BCUT2D eigenvalue weighted by Crippen LogP contribution is 2.19. The fourth-order valence-electron chi connectivity index (χ4n) is 1.03. The number of hydrogen-bond donors (Lipinski definition) is 0. The quantitative estimate of drug-likeness (QED) is 0.526. The van der Waals surface area contributed by atoms with Crippen LogP contribution < -0.4 is 0 Å². The van der Waals surface area contributed by atoms with E-state index in [1.807, 2.05) is 31.4 Å². The minimum absolute atomic E-state index is 1.01. The summed E-state index contributed by atoms with van der Waals surface area (Å²) in [6, 6.07) is 10.2. The molecule has 0 fully saturated rings. The molecule has 13 heavy (non-hydrogen) atoms. The van der Waals surface area contributed by atoms with Crippen LogP contribution in [0.4, 0.5) is 0 Å². The van der Waals surface area contributed by atoms with Gasteiger partial charge in [-0.1, -0.05) is 12.1 Å². The first-order valence-electron chi connectivity index (χ1n) is 3.98. The summed E-state index contributed by atoms with van der Waals surface area (Å²) in [5.41, 5.74) is 2.12. The Morgan fingerprint density at radius 2 is 2.00 bits per heavy atom. The summed E-state index contributed by atoms with van der Waals surface area (Å²) in [5.74, 6) is 0. The van der Waals surface area contributed by atoms with Gasteiger partial charge in [-0.05, 0) is 36.4 Å². The summed E-state index contributed by atoms with van der Waals surface area (Å²) in [6.07, 6.45) is 3.61. The van der Waals surface area contributed by atoms with Crippen molar-refractivity contribution in [3.8, 4) is 6.07 Å². The second-order valence-corrected chi connectivity index (χ2v) is 3.56. The van der Waals surface area contributed by atoms with E-state index in [-0.39, 0.29) is 0 Å². The van der Waals surface area contributed by atoms with Gasteiger partial charge in [-0.25, -0.2) is 0 Å². The van der Waals surface area contributed by atoms with Gasteiger partial charge >= 0.3 is 0 Å². The summed E-state index contributed by atoms with van der Waals surface area (Å²) < 4.78 is 0. The van der Waals surface area contributed by atoms with Crippen LogP contribution in [0.25, 0.3) is 5.57 Å². The van der Waals surface area contributed by atoms with Crippen LogP contribution in [0, 0.1) is 11.3 Å². The summed E-state index contributed by atoms with van der Waals surface area (Å²) in [4.78, 5) is 1.24. The zero-order valence-corrected chi connectivity index (χ0v) is 8.56. The highest BCUT2D eigenvalue weighted by atomic mass is 32.2. The van der Waals surface area contributed by atoms with E-state index in [1.165, 1.54) is 4.90 Å². The molecule has 0 aliphatic heterocycles. The highest BCUT2D eigenvalue weighted by Gasteiger charge is 1.94. The van der Waals surface area contributed by atoms with Crippen LogP contribution in [-0.4, -0.2) is 6.26 Å². The molecule has 0 saturated heterocycles. The van der Waals surface area contributed by atoms with Crippen molar-refractivity contribution >= 4 is 17.3 Å². The van der Waals surface area contributed by atoms with Crippen molar-refractivity contribution in [2.24, 2.45) is 0 Å². The van der Waals surface area contributed by atoms with Crippen molar-refractivity contribution in [3.63, 3.8) is 0 Å². The Kier molecular flexibility index (Phi) is 3.60. The van der Waals surface area contributed by atoms with Crippen LogP contribution >= 0.6 is 11.8 Å². The average Bonchev–Trinajstić information content (AvgIpc) is 2.18. The van der Waals surface area contributed by atoms with E-state index < -0.39 is 0 Å². The van der Waals surface area contributed by atoms with Gasteiger partial charge in [-0.3, -0.25) is 0 Å². The number of nitriles is 1. The van der Waals surface area contributed by atoms with Crippen LogP contribution in [0.1, 0.15) is 12.5 Å². The molecule has 0 bridgehead atoms. The van der Waals surface area contributed by atoms with Gasteiger partial charge < -0.3 is 0 Å². The van der Waals surface area contributed by atoms with Crippen molar-refractivity contribution in [3.05, 3.63) is 35.9 Å². The first kappa shape index (κ1) is 9.88. The van der Waals surface area contributed by atoms with Crippen LogP contribution in [-0.2, 0) is 0 Å². The monoisotopic (exact) mass is 189 g/mol. The first-order valence-corrected chi connectivity index (χ1v) is 5.21. The molecule has 1 aromatic carbocycles. The lowest BCUT2D eigenvalue weighted by Gasteiger charge is -2.00. The Labute approximate surface area is 83.1 Å². The molecular weight excluding hydrogens is 178 g/mol. The molecule has 1 rings (SSSR count). The molecule has 2 heteroatoms. The van der Waals surface area contributed by atoms with Gasteiger partial charge in [0, 0.05) is 11.0 Å². The van der Waals surface area contributed by atoms with E-state index in [0.717, 1.165) is 11.1 Å². The molecular formula is C11H11NS. The van der Waals surface area contributed by atoms with Crippen molar-refractivity contribution in [1.29, 1.82) is 5.26 Å². The Hall–Kier alpha value is -1.20. The third kappa shape index (κ3) is 2.64. The Bertz CT molecular complexity index is 343. The van der Waals surface area contributed by atoms with Gasteiger partial charge in [-0.15, -0.1) is 11.8 Å². The molecule has 0 atom stereocenters. The lowest BCUT2D eigenvalue weighted by molar-refractivity contribution is 1.43. The van der Waals surface area contributed by atoms with E-state index in [1.54, 1.807) is 17.8 Å². The maximum atomic E-state index is 8.47. The van der Waals surface area contributed by atoms with Gasteiger partial charge in [0.1, 0.15) is 0 Å². The standard InChI is InChI=1S/C11H11NS/c1-9(7-8-12)10-3-5-11(13-2)6-4-10/h3-7H,1-2H3. The number of benzene rings is 1. The molecule has 0 unspecified atom stereocenters. The third-order valence-electron chi connectivity index (χ3n) is 1.83. The molecule has 0 aliphatic rings. The van der Waals surface area contributed by atoms with E-state index >= 15 is 0 Å². The predicted octanol–water partition coefficient (Wildman–Crippen LogP) is 3.34. The van der Waals surface area contributed by atoms with E-state index in [9.17, 15) is 0 Å². The van der Waals surface area contributed by atoms with Crippen molar-refractivity contribution in [2.75, 3.05) is 6.26 Å². The number of thioether (sulfide) groups is 1. The van der Waals surface area contributed by atoms with Crippen molar-refractivity contribution < 1.29 is 0 Å². The lowest BCUT2D eigenvalue weighted by atomic mass is 10.1. The van der Waals surface area contributed by atoms with Gasteiger partial charge in [0.15, 0.2) is 0 Å². The van der Waals surface area contributed by atoms with Crippen molar-refractivity contribution in [2.45, 2.75) is 11.8 Å². The molecule has 0 saturated carbocycles. The van der Waals surface area contributed by atoms with Gasteiger partial charge in [0.25, 0.3) is 0 Å². The number of allylic oxidation sites excluding steroid dienone is 2. The summed E-state index contributed by atoms with van der Waals surface area (Å²) >= 11 is 1.72. The second kappa shape index (κ2) is 4.74. The number of nitrogens with zero attached hydrogens (tertiary/aromatic N) is 1. The van der Waals surface area contributed by atoms with E-state index in [4.69, 9.17) is 5.26 Å². The fraction of sp³-hybridized carbons (Fsp3) is 0.182. The van der Waals surface area contributed by atoms with Crippen LogP contribution in [0.5, 0.6) is 0 Å². The summed E-state index contributed by atoms with van der Waals surface area (Å²) in [7, 11) is 0. The smallest absolute Gasteiger partial charge is 0.0915 e. The Morgan fingerprint density at radius 1 is 1.38 bits per heavy atom. The van der Waals surface area contributed by atoms with Crippen LogP contribution in [0.2, 0.25) is 0 Å². The highest BCUT2D eigenvalue weighted by molar-refractivity contribution is 7.98. The molecule has 0 aliphatic carbocycles. The topological polar surface area (TPSA) is 23.8 Å². The fourth-order valence-corrected chi connectivity index (χ4v) is 1.44. The minimum atomic E-state index is 1.01. The Balaban J connectivity index is 2.94. The molecule has 0 spiro atoms. The molecule has 0 aromatic heterocycles. The largest absolute Gasteiger partial charge is 0.193 e. The number of rotatable bonds is 2. The van der Waals surface area contributed by atoms with Gasteiger partial charge in [0.05, 0.1) is 6.07 Å². The second-order valence-electron chi connectivity index (χ2n) is 2.68. The van der Waals surface area contributed by atoms with Crippen LogP contribution in [0.3, 0.4) is 0 Å². The summed E-state index contributed by atoms with van der Waals surface area (Å²) in [6.45, 7) is 1.94. The molecule has 0 heterocycles. The van der Waals surface area contributed by atoms with Crippen molar-refractivity contribution in [1.82, 2.24) is 0 Å². The normalized spacial score (nSPS) is 11.0. The molecule has 0 radical (unpaired) electrons. The molecule has 0 N–H and O–H groups in total. The van der Waals surface area contributed by atoms with Gasteiger partial charge in [0.2, 0.25) is 0 Å².